The molecule has 164 valence electrons. The third-order valence-corrected chi connectivity index (χ3v) is 6.47. The van der Waals surface area contributed by atoms with Crippen LogP contribution in [0.1, 0.15) is 43.2 Å². The highest BCUT2D eigenvalue weighted by molar-refractivity contribution is 7.87. The number of hydrogen-bond acceptors (Lipinski definition) is 6. The van der Waals surface area contributed by atoms with Gasteiger partial charge in [0.15, 0.2) is 0 Å². The van der Waals surface area contributed by atoms with Crippen LogP contribution in [0.15, 0.2) is 58.3 Å². The molecule has 6 nitrogen and oxygen atoms in total. The first-order valence-electron chi connectivity index (χ1n) is 9.67. The van der Waals surface area contributed by atoms with Crippen molar-refractivity contribution in [1.29, 1.82) is 0 Å². The van der Waals surface area contributed by atoms with E-state index in [1.165, 1.54) is 24.3 Å². The van der Waals surface area contributed by atoms with E-state index in [2.05, 4.69) is 24.1 Å². The topological polar surface area (TPSA) is 86.7 Å². The highest BCUT2D eigenvalue weighted by Crippen LogP contribution is 2.13. The van der Waals surface area contributed by atoms with Crippen LogP contribution in [-0.4, -0.2) is 16.8 Å². The molecule has 0 fully saturated rings. The molecule has 0 amide bonds. The molecule has 0 N–H and O–H groups in total. The summed E-state index contributed by atoms with van der Waals surface area (Å²) in [5, 5.41) is 0. The highest BCUT2D eigenvalue weighted by atomic mass is 32.2. The van der Waals surface area contributed by atoms with Crippen LogP contribution >= 0.6 is 0 Å². The average Bonchev–Trinajstić information content (AvgIpc) is 2.72. The van der Waals surface area contributed by atoms with Gasteiger partial charge in [-0.2, -0.15) is 16.8 Å². The Bertz CT molecular complexity index is 1090. The van der Waals surface area contributed by atoms with Crippen molar-refractivity contribution in [2.75, 3.05) is 0 Å². The van der Waals surface area contributed by atoms with Gasteiger partial charge in [-0.15, -0.1) is 0 Å². The van der Waals surface area contributed by atoms with E-state index in [1.54, 1.807) is 24.3 Å². The minimum atomic E-state index is -3.87. The summed E-state index contributed by atoms with van der Waals surface area (Å²) in [6.45, 7) is 3.73. The van der Waals surface area contributed by atoms with Gasteiger partial charge in [0.25, 0.3) is 0 Å². The first-order chi connectivity index (χ1) is 14.7. The van der Waals surface area contributed by atoms with Gasteiger partial charge in [-0.1, -0.05) is 53.7 Å². The van der Waals surface area contributed by atoms with E-state index < -0.39 is 20.2 Å². The second kappa shape index (κ2) is 11.5. The molecule has 0 aliphatic rings. The Balaban J connectivity index is 1.64. The van der Waals surface area contributed by atoms with Crippen LogP contribution in [0.5, 0.6) is 0 Å². The van der Waals surface area contributed by atoms with E-state index >= 15 is 0 Å². The van der Waals surface area contributed by atoms with Crippen molar-refractivity contribution in [3.8, 4) is 24.1 Å². The fourth-order valence-corrected chi connectivity index (χ4v) is 3.85. The lowest BCUT2D eigenvalue weighted by Gasteiger charge is -2.00. The second-order valence-electron chi connectivity index (χ2n) is 6.82. The minimum Gasteiger partial charge on any atom is -0.324 e. The molecule has 0 unspecified atom stereocenters. The van der Waals surface area contributed by atoms with Gasteiger partial charge in [0.1, 0.15) is 22.0 Å². The first-order valence-corrected chi connectivity index (χ1v) is 12.5. The van der Waals surface area contributed by atoms with Crippen molar-refractivity contribution < 1.29 is 25.2 Å². The first kappa shape index (κ1) is 24.3. The Morgan fingerprint density at radius 1 is 0.613 bits per heavy atom. The molecule has 2 aromatic rings. The molecule has 0 aliphatic heterocycles. The van der Waals surface area contributed by atoms with E-state index in [0.717, 1.165) is 30.4 Å². The predicted octanol–water partition coefficient (Wildman–Crippen LogP) is 4.29. The van der Waals surface area contributed by atoms with Gasteiger partial charge < -0.3 is 8.37 Å². The van der Waals surface area contributed by atoms with Crippen LogP contribution in [0, 0.1) is 37.9 Å². The lowest BCUT2D eigenvalue weighted by molar-refractivity contribution is 0.463. The zero-order valence-electron chi connectivity index (χ0n) is 17.4. The Morgan fingerprint density at radius 2 is 0.968 bits per heavy atom. The summed E-state index contributed by atoms with van der Waals surface area (Å²) >= 11 is 0. The van der Waals surface area contributed by atoms with Gasteiger partial charge >= 0.3 is 20.2 Å². The van der Waals surface area contributed by atoms with Crippen LogP contribution < -0.4 is 0 Å². The molecule has 0 heterocycles. The van der Waals surface area contributed by atoms with Gasteiger partial charge in [-0.05, 0) is 51.0 Å². The molecular formula is C23H24O6S2. The Hall–Kier alpha value is -2.94. The number of hydrogen-bond donors (Lipinski definition) is 0. The number of aryl methyl sites for hydroxylation is 2. The molecule has 0 atom stereocenters. The Labute approximate surface area is 184 Å². The summed E-state index contributed by atoms with van der Waals surface area (Å²) < 4.78 is 57.3. The zero-order chi connectivity index (χ0) is 22.7. The van der Waals surface area contributed by atoms with E-state index in [9.17, 15) is 16.8 Å². The monoisotopic (exact) mass is 460 g/mol. The third-order valence-electron chi connectivity index (χ3n) is 4.17. The quantitative estimate of drug-likeness (QED) is 0.332. The second-order valence-corrected chi connectivity index (χ2v) is 9.91. The molecule has 0 aromatic heterocycles. The van der Waals surface area contributed by atoms with Crippen molar-refractivity contribution in [3.63, 3.8) is 0 Å². The molecule has 0 aliphatic carbocycles. The van der Waals surface area contributed by atoms with Crippen LogP contribution in [0.2, 0.25) is 0 Å². The lowest BCUT2D eigenvalue weighted by atomic mass is 10.1. The van der Waals surface area contributed by atoms with Crippen LogP contribution in [-0.2, 0) is 28.6 Å². The Morgan fingerprint density at radius 3 is 1.32 bits per heavy atom. The van der Waals surface area contributed by atoms with E-state index in [4.69, 9.17) is 8.37 Å². The van der Waals surface area contributed by atoms with Gasteiger partial charge in [0.2, 0.25) is 0 Å². The summed E-state index contributed by atoms with van der Waals surface area (Å²) in [5.74, 6) is 5.35. The summed E-state index contributed by atoms with van der Waals surface area (Å²) in [5.41, 5.74) is 1.91. The smallest absolute Gasteiger partial charge is 0.324 e. The summed E-state index contributed by atoms with van der Waals surface area (Å²) in [6.07, 6.45) is 7.72. The summed E-state index contributed by atoms with van der Waals surface area (Å²) in [7, 11) is -7.75. The van der Waals surface area contributed by atoms with Crippen molar-refractivity contribution in [2.45, 2.75) is 55.7 Å². The van der Waals surface area contributed by atoms with E-state index in [1.807, 2.05) is 13.8 Å². The molecule has 8 heteroatoms. The molecule has 0 spiro atoms. The maximum atomic E-state index is 12.0. The lowest BCUT2D eigenvalue weighted by Crippen LogP contribution is -2.02. The molecule has 2 aromatic carbocycles. The minimum absolute atomic E-state index is 0.0672. The average molecular weight is 461 g/mol. The van der Waals surface area contributed by atoms with Gasteiger partial charge in [0.05, 0.1) is 0 Å². The summed E-state index contributed by atoms with van der Waals surface area (Å²) in [4.78, 5) is 0.134. The fourth-order valence-electron chi connectivity index (χ4n) is 2.38. The van der Waals surface area contributed by atoms with Crippen molar-refractivity contribution >= 4 is 20.2 Å². The fraction of sp³-hybridized carbons (Fsp3) is 0.304. The number of benzene rings is 2. The van der Waals surface area contributed by atoms with Crippen molar-refractivity contribution in [3.05, 3.63) is 59.7 Å². The normalized spacial score (nSPS) is 10.9. The van der Waals surface area contributed by atoms with E-state index in [-0.39, 0.29) is 9.79 Å². The van der Waals surface area contributed by atoms with Crippen LogP contribution in [0.4, 0.5) is 0 Å². The maximum absolute atomic E-state index is 12.0. The standard InChI is InChI=1S/C23H24O6S2/c1-20-10-14-22(15-11-20)30(24,25)28-18-8-6-4-3-5-7-9-19-29-31(26,27)23-16-12-21(2)13-17-23/h10-17H,3-7H2,1-2H3. The van der Waals surface area contributed by atoms with E-state index in [0.29, 0.717) is 12.8 Å². The Kier molecular flexibility index (Phi) is 8.99. The molecule has 2 rings (SSSR count). The van der Waals surface area contributed by atoms with Crippen LogP contribution in [0.25, 0.3) is 0 Å². The van der Waals surface area contributed by atoms with Gasteiger partial charge in [-0.25, -0.2) is 0 Å². The molecule has 0 saturated heterocycles. The molecule has 0 radical (unpaired) electrons. The SMILES string of the molecule is Cc1ccc(S(=O)(=O)OC#CCCCCCC#COS(=O)(=O)c2ccc(C)cc2)cc1. The highest BCUT2D eigenvalue weighted by Gasteiger charge is 2.14. The predicted molar refractivity (Wildman–Crippen MR) is 118 cm³/mol. The third kappa shape index (κ3) is 8.37. The number of unbranched alkanes of at least 4 members (excludes halogenated alkanes) is 4. The van der Waals surface area contributed by atoms with Crippen molar-refractivity contribution in [2.24, 2.45) is 0 Å². The van der Waals surface area contributed by atoms with Crippen LogP contribution in [0.3, 0.4) is 0 Å². The maximum Gasteiger partial charge on any atom is 0.347 e. The van der Waals surface area contributed by atoms with Crippen molar-refractivity contribution in [1.82, 2.24) is 0 Å². The zero-order valence-corrected chi connectivity index (χ0v) is 19.1. The number of rotatable bonds is 8. The molecule has 0 bridgehead atoms. The molecule has 0 saturated carbocycles. The van der Waals surface area contributed by atoms with Gasteiger partial charge in [-0.3, -0.25) is 0 Å². The molecule has 31 heavy (non-hydrogen) atoms. The van der Waals surface area contributed by atoms with Gasteiger partial charge in [0, 0.05) is 12.8 Å². The molecular weight excluding hydrogens is 436 g/mol. The summed E-state index contributed by atoms with van der Waals surface area (Å²) in [6, 6.07) is 12.7. The largest absolute Gasteiger partial charge is 0.347 e.